The van der Waals surface area contributed by atoms with Crippen molar-refractivity contribution in [3.8, 4) is 5.75 Å². The van der Waals surface area contributed by atoms with E-state index in [1.807, 2.05) is 0 Å². The summed E-state index contributed by atoms with van der Waals surface area (Å²) < 4.78 is 5.22. The highest BCUT2D eigenvalue weighted by Gasteiger charge is 2.26. The zero-order valence-corrected chi connectivity index (χ0v) is 9.86. The first-order valence-corrected chi connectivity index (χ1v) is 5.20. The lowest BCUT2D eigenvalue weighted by Crippen LogP contribution is -2.26. The molecule has 0 saturated heterocycles. The van der Waals surface area contributed by atoms with Gasteiger partial charge < -0.3 is 14.9 Å². The fourth-order valence-corrected chi connectivity index (χ4v) is 1.28. The number of aromatic carboxylic acids is 1. The number of carbonyl (C=O) groups is 1. The van der Waals surface area contributed by atoms with Gasteiger partial charge in [0.15, 0.2) is 5.56 Å². The number of nitro groups is 1. The Morgan fingerprint density at radius 2 is 2.06 bits per heavy atom. The zero-order valence-electron chi connectivity index (χ0n) is 9.86. The van der Waals surface area contributed by atoms with Gasteiger partial charge in [0, 0.05) is 6.07 Å². The zero-order chi connectivity index (χ0) is 13.9. The van der Waals surface area contributed by atoms with Gasteiger partial charge in [0.1, 0.15) is 11.9 Å². The molecule has 0 bridgehead atoms. The maximum atomic E-state index is 11.1. The Kier molecular flexibility index (Phi) is 4.22. The molecule has 2 atom stereocenters. The summed E-state index contributed by atoms with van der Waals surface area (Å²) in [5.41, 5.74) is -1.06. The number of rotatable bonds is 5. The van der Waals surface area contributed by atoms with Crippen molar-refractivity contribution in [2.45, 2.75) is 26.1 Å². The van der Waals surface area contributed by atoms with Crippen LogP contribution in [0.1, 0.15) is 24.2 Å². The molecule has 0 amide bonds. The number of aliphatic hydroxyl groups is 1. The summed E-state index contributed by atoms with van der Waals surface area (Å²) in [5, 5.41) is 29.0. The largest absolute Gasteiger partial charge is 0.487 e. The average molecular weight is 255 g/mol. The quantitative estimate of drug-likeness (QED) is 0.608. The lowest BCUT2D eigenvalue weighted by atomic mass is 10.1. The summed E-state index contributed by atoms with van der Waals surface area (Å²) >= 11 is 0. The topological polar surface area (TPSA) is 110 Å². The fourth-order valence-electron chi connectivity index (χ4n) is 1.28. The van der Waals surface area contributed by atoms with Gasteiger partial charge in [0.05, 0.1) is 11.0 Å². The van der Waals surface area contributed by atoms with E-state index in [0.717, 1.165) is 6.07 Å². The van der Waals surface area contributed by atoms with Gasteiger partial charge >= 0.3 is 5.97 Å². The predicted octanol–water partition coefficient (Wildman–Crippen LogP) is 1.44. The summed E-state index contributed by atoms with van der Waals surface area (Å²) in [4.78, 5) is 21.0. The SMILES string of the molecule is CC(O)C(C)Oc1cccc([N+](=O)[O-])c1C(=O)O. The Morgan fingerprint density at radius 3 is 2.50 bits per heavy atom. The van der Waals surface area contributed by atoms with E-state index < -0.39 is 34.4 Å². The number of ether oxygens (including phenoxy) is 1. The van der Waals surface area contributed by atoms with E-state index in [0.29, 0.717) is 0 Å². The number of benzene rings is 1. The van der Waals surface area contributed by atoms with E-state index in [1.54, 1.807) is 0 Å². The van der Waals surface area contributed by atoms with Crippen LogP contribution in [0, 0.1) is 10.1 Å². The van der Waals surface area contributed by atoms with Crippen LogP contribution in [0.3, 0.4) is 0 Å². The third-order valence-electron chi connectivity index (χ3n) is 2.41. The first-order chi connectivity index (χ1) is 8.34. The molecule has 0 aliphatic carbocycles. The number of aliphatic hydroxyl groups excluding tert-OH is 1. The summed E-state index contributed by atoms with van der Waals surface area (Å²) in [6.45, 7) is 3.01. The first-order valence-electron chi connectivity index (χ1n) is 5.20. The van der Waals surface area contributed by atoms with Crippen LogP contribution in [0.5, 0.6) is 5.75 Å². The van der Waals surface area contributed by atoms with Crippen LogP contribution in [0.2, 0.25) is 0 Å². The van der Waals surface area contributed by atoms with Crippen molar-refractivity contribution in [3.63, 3.8) is 0 Å². The maximum Gasteiger partial charge on any atom is 0.346 e. The van der Waals surface area contributed by atoms with E-state index in [1.165, 1.54) is 26.0 Å². The van der Waals surface area contributed by atoms with Crippen molar-refractivity contribution >= 4 is 11.7 Å². The third kappa shape index (κ3) is 2.95. The molecule has 0 aliphatic rings. The highest BCUT2D eigenvalue weighted by atomic mass is 16.6. The molecule has 1 rings (SSSR count). The minimum atomic E-state index is -1.45. The van der Waals surface area contributed by atoms with Crippen molar-refractivity contribution in [1.29, 1.82) is 0 Å². The molecule has 2 N–H and O–H groups in total. The minimum absolute atomic E-state index is 0.134. The average Bonchev–Trinajstić information content (AvgIpc) is 2.27. The van der Waals surface area contributed by atoms with Crippen LogP contribution in [-0.2, 0) is 0 Å². The monoisotopic (exact) mass is 255 g/mol. The molecule has 0 heterocycles. The second-order valence-electron chi connectivity index (χ2n) is 3.78. The number of nitro benzene ring substituents is 1. The van der Waals surface area contributed by atoms with E-state index in [2.05, 4.69) is 0 Å². The summed E-state index contributed by atoms with van der Waals surface area (Å²) in [7, 11) is 0. The molecular formula is C11H13NO6. The van der Waals surface area contributed by atoms with Gasteiger partial charge in [-0.3, -0.25) is 10.1 Å². The molecule has 1 aromatic carbocycles. The minimum Gasteiger partial charge on any atom is -0.487 e. The Labute approximate surface area is 103 Å². The van der Waals surface area contributed by atoms with Gasteiger partial charge in [-0.15, -0.1) is 0 Å². The van der Waals surface area contributed by atoms with Gasteiger partial charge in [-0.2, -0.15) is 0 Å². The molecule has 0 radical (unpaired) electrons. The van der Waals surface area contributed by atoms with Crippen molar-refractivity contribution in [2.75, 3.05) is 0 Å². The normalized spacial score (nSPS) is 13.7. The van der Waals surface area contributed by atoms with Crippen molar-refractivity contribution in [2.24, 2.45) is 0 Å². The Morgan fingerprint density at radius 1 is 1.44 bits per heavy atom. The van der Waals surface area contributed by atoms with Crippen molar-refractivity contribution < 1.29 is 24.7 Å². The van der Waals surface area contributed by atoms with Gasteiger partial charge in [0.2, 0.25) is 0 Å². The second kappa shape index (κ2) is 5.46. The van der Waals surface area contributed by atoms with Crippen molar-refractivity contribution in [1.82, 2.24) is 0 Å². The van der Waals surface area contributed by atoms with Gasteiger partial charge in [0.25, 0.3) is 5.69 Å². The maximum absolute atomic E-state index is 11.1. The van der Waals surface area contributed by atoms with Crippen molar-refractivity contribution in [3.05, 3.63) is 33.9 Å². The predicted molar refractivity (Wildman–Crippen MR) is 61.8 cm³/mol. The molecule has 18 heavy (non-hydrogen) atoms. The fraction of sp³-hybridized carbons (Fsp3) is 0.364. The number of hydrogen-bond acceptors (Lipinski definition) is 5. The van der Waals surface area contributed by atoms with Gasteiger partial charge in [-0.25, -0.2) is 4.79 Å². The van der Waals surface area contributed by atoms with Crippen LogP contribution < -0.4 is 4.74 Å². The third-order valence-corrected chi connectivity index (χ3v) is 2.41. The smallest absolute Gasteiger partial charge is 0.346 e. The summed E-state index contributed by atoms with van der Waals surface area (Å²) in [5.74, 6) is -1.58. The van der Waals surface area contributed by atoms with Gasteiger partial charge in [-0.05, 0) is 19.9 Å². The van der Waals surface area contributed by atoms with E-state index in [-0.39, 0.29) is 5.75 Å². The highest BCUT2D eigenvalue weighted by molar-refractivity contribution is 5.95. The molecule has 0 aromatic heterocycles. The van der Waals surface area contributed by atoms with E-state index in [4.69, 9.17) is 9.84 Å². The number of nitrogens with zero attached hydrogens (tertiary/aromatic N) is 1. The lowest BCUT2D eigenvalue weighted by molar-refractivity contribution is -0.385. The first kappa shape index (κ1) is 13.9. The summed E-state index contributed by atoms with van der Waals surface area (Å²) in [6, 6.07) is 3.73. The lowest BCUT2D eigenvalue weighted by Gasteiger charge is -2.18. The molecule has 98 valence electrons. The molecule has 2 unspecified atom stereocenters. The Bertz CT molecular complexity index is 471. The summed E-state index contributed by atoms with van der Waals surface area (Å²) in [6.07, 6.45) is -1.50. The van der Waals surface area contributed by atoms with Gasteiger partial charge in [-0.1, -0.05) is 6.07 Å². The van der Waals surface area contributed by atoms with Crippen LogP contribution >= 0.6 is 0 Å². The van der Waals surface area contributed by atoms with E-state index in [9.17, 15) is 20.0 Å². The number of hydrogen-bond donors (Lipinski definition) is 2. The molecule has 1 aromatic rings. The molecule has 7 nitrogen and oxygen atoms in total. The Balaban J connectivity index is 3.23. The molecule has 0 aliphatic heterocycles. The number of carboxylic acids is 1. The Hall–Kier alpha value is -2.15. The van der Waals surface area contributed by atoms with Crippen LogP contribution in [0.25, 0.3) is 0 Å². The molecule has 0 spiro atoms. The molecular weight excluding hydrogens is 242 g/mol. The molecule has 7 heteroatoms. The van der Waals surface area contributed by atoms with Crippen LogP contribution in [0.4, 0.5) is 5.69 Å². The second-order valence-corrected chi connectivity index (χ2v) is 3.78. The van der Waals surface area contributed by atoms with Crippen LogP contribution in [-0.4, -0.2) is 33.3 Å². The van der Waals surface area contributed by atoms with E-state index >= 15 is 0 Å². The van der Waals surface area contributed by atoms with Crippen LogP contribution in [0.15, 0.2) is 18.2 Å². The molecule has 0 fully saturated rings. The standard InChI is InChI=1S/C11H13NO6/c1-6(13)7(2)18-9-5-3-4-8(12(16)17)10(9)11(14)15/h3-7,13H,1-2H3,(H,14,15). The number of carboxylic acid groups (broad SMARTS) is 1. The highest BCUT2D eigenvalue weighted by Crippen LogP contribution is 2.29. The molecule has 0 saturated carbocycles.